The fourth-order valence-corrected chi connectivity index (χ4v) is 3.52. The van der Waals surface area contributed by atoms with Gasteiger partial charge in [-0.05, 0) is 24.7 Å². The Morgan fingerprint density at radius 1 is 1.09 bits per heavy atom. The molecule has 2 heterocycles. The number of carbonyl (C=O) groups is 1. The van der Waals surface area contributed by atoms with Crippen molar-refractivity contribution in [3.8, 4) is 11.3 Å². The third kappa shape index (κ3) is 5.64. The molecule has 0 unspecified atom stereocenters. The number of nitrogen functional groups attached to an aromatic ring is 1. The first-order chi connectivity index (χ1) is 16.0. The predicted octanol–water partition coefficient (Wildman–Crippen LogP) is 1.52. The maximum Gasteiger partial charge on any atom is 0.251 e. The van der Waals surface area contributed by atoms with Crippen molar-refractivity contribution in [1.82, 2.24) is 25.2 Å². The minimum absolute atomic E-state index is 0.166. The van der Waals surface area contributed by atoms with Crippen LogP contribution in [0.1, 0.15) is 21.6 Å². The zero-order valence-electron chi connectivity index (χ0n) is 18.6. The zero-order chi connectivity index (χ0) is 23.2. The normalized spacial score (nSPS) is 14.8. The summed E-state index contributed by atoms with van der Waals surface area (Å²) >= 11 is 0. The Morgan fingerprint density at radius 3 is 2.61 bits per heavy atom. The molecule has 0 bridgehead atoms. The maximum atomic E-state index is 12.7. The van der Waals surface area contributed by atoms with Crippen molar-refractivity contribution in [2.75, 3.05) is 39.0 Å². The SMILES string of the molecule is CN1CCN(N=C(N)c2nc(-c3cccc(C(=O)NCc4ccccc4)c3)cnc2N)CC1. The van der Waals surface area contributed by atoms with Crippen LogP contribution in [0.15, 0.2) is 65.9 Å². The number of nitrogens with one attached hydrogen (secondary N) is 1. The van der Waals surface area contributed by atoms with E-state index in [2.05, 4.69) is 32.3 Å². The van der Waals surface area contributed by atoms with Crippen LogP contribution in [0.2, 0.25) is 0 Å². The molecule has 1 aliphatic heterocycles. The van der Waals surface area contributed by atoms with Crippen molar-refractivity contribution < 1.29 is 4.79 Å². The lowest BCUT2D eigenvalue weighted by molar-refractivity contribution is 0.0951. The first-order valence-corrected chi connectivity index (χ1v) is 10.8. The average Bonchev–Trinajstić information content (AvgIpc) is 2.85. The van der Waals surface area contributed by atoms with E-state index >= 15 is 0 Å². The van der Waals surface area contributed by atoms with Crippen LogP contribution < -0.4 is 16.8 Å². The van der Waals surface area contributed by atoms with Gasteiger partial charge in [0.15, 0.2) is 11.7 Å². The Balaban J connectivity index is 1.51. The number of anilines is 1. The average molecular weight is 445 g/mol. The molecule has 1 fully saturated rings. The Kier molecular flexibility index (Phi) is 6.80. The monoisotopic (exact) mass is 444 g/mol. The number of hydrogen-bond acceptors (Lipinski definition) is 7. The molecule has 0 aliphatic carbocycles. The number of nitrogens with zero attached hydrogens (tertiary/aromatic N) is 5. The van der Waals surface area contributed by atoms with Crippen LogP contribution in [-0.4, -0.2) is 64.8 Å². The van der Waals surface area contributed by atoms with Gasteiger partial charge >= 0.3 is 0 Å². The molecule has 2 aromatic carbocycles. The van der Waals surface area contributed by atoms with Crippen molar-refractivity contribution in [3.63, 3.8) is 0 Å². The zero-order valence-corrected chi connectivity index (χ0v) is 18.6. The van der Waals surface area contributed by atoms with E-state index < -0.39 is 0 Å². The lowest BCUT2D eigenvalue weighted by Gasteiger charge is -2.30. The van der Waals surface area contributed by atoms with E-state index in [1.54, 1.807) is 18.3 Å². The molecule has 5 N–H and O–H groups in total. The summed E-state index contributed by atoms with van der Waals surface area (Å²) < 4.78 is 0. The highest BCUT2D eigenvalue weighted by atomic mass is 16.1. The third-order valence-corrected chi connectivity index (χ3v) is 5.49. The topological polar surface area (TPSA) is 126 Å². The maximum absolute atomic E-state index is 12.7. The number of benzene rings is 2. The number of amidine groups is 1. The van der Waals surface area contributed by atoms with Gasteiger partial charge in [0.1, 0.15) is 5.69 Å². The summed E-state index contributed by atoms with van der Waals surface area (Å²) in [6, 6.07) is 17.0. The van der Waals surface area contributed by atoms with Gasteiger partial charge in [-0.3, -0.25) is 9.80 Å². The second-order valence-electron chi connectivity index (χ2n) is 7.98. The van der Waals surface area contributed by atoms with Gasteiger partial charge in [0.25, 0.3) is 5.91 Å². The third-order valence-electron chi connectivity index (χ3n) is 5.49. The predicted molar refractivity (Wildman–Crippen MR) is 129 cm³/mol. The smallest absolute Gasteiger partial charge is 0.251 e. The summed E-state index contributed by atoms with van der Waals surface area (Å²) in [4.78, 5) is 23.8. The summed E-state index contributed by atoms with van der Waals surface area (Å²) in [5, 5.41) is 9.35. The number of hydrogen-bond donors (Lipinski definition) is 3. The van der Waals surface area contributed by atoms with Gasteiger partial charge in [-0.1, -0.05) is 42.5 Å². The van der Waals surface area contributed by atoms with E-state index in [9.17, 15) is 4.79 Å². The van der Waals surface area contributed by atoms with Crippen LogP contribution in [0.4, 0.5) is 5.82 Å². The number of aromatic nitrogens is 2. The highest BCUT2D eigenvalue weighted by Crippen LogP contribution is 2.20. The van der Waals surface area contributed by atoms with Crippen LogP contribution in [0.25, 0.3) is 11.3 Å². The first kappa shape index (κ1) is 22.2. The molecule has 170 valence electrons. The first-order valence-electron chi connectivity index (χ1n) is 10.8. The number of rotatable bonds is 6. The molecule has 0 saturated carbocycles. The van der Waals surface area contributed by atoms with Gasteiger partial charge in [0, 0.05) is 43.9 Å². The van der Waals surface area contributed by atoms with Crippen LogP contribution in [0.5, 0.6) is 0 Å². The van der Waals surface area contributed by atoms with Crippen molar-refractivity contribution in [2.24, 2.45) is 10.8 Å². The molecule has 4 rings (SSSR count). The molecule has 0 atom stereocenters. The van der Waals surface area contributed by atoms with Crippen LogP contribution in [0, 0.1) is 0 Å². The standard InChI is InChI=1S/C24H28N8O/c1-31-10-12-32(13-11-31)30-23(26)21-22(25)27-16-20(29-21)18-8-5-9-19(14-18)24(33)28-15-17-6-3-2-4-7-17/h2-9,14,16H,10-13,15H2,1H3,(H2,25,27)(H2,26,30)(H,28,33). The van der Waals surface area contributed by atoms with E-state index in [-0.39, 0.29) is 17.6 Å². The molecule has 1 aliphatic rings. The van der Waals surface area contributed by atoms with E-state index in [4.69, 9.17) is 11.5 Å². The molecule has 0 spiro atoms. The lowest BCUT2D eigenvalue weighted by Crippen LogP contribution is -2.42. The Bertz CT molecular complexity index is 1140. The molecule has 9 nitrogen and oxygen atoms in total. The Morgan fingerprint density at radius 2 is 1.85 bits per heavy atom. The number of piperazine rings is 1. The molecule has 1 amide bonds. The second kappa shape index (κ2) is 10.1. The number of hydrazone groups is 1. The van der Waals surface area contributed by atoms with Crippen LogP contribution in [0.3, 0.4) is 0 Å². The van der Waals surface area contributed by atoms with Crippen molar-refractivity contribution >= 4 is 17.6 Å². The van der Waals surface area contributed by atoms with Crippen LogP contribution in [-0.2, 0) is 6.54 Å². The quantitative estimate of drug-likeness (QED) is 0.389. The van der Waals surface area contributed by atoms with E-state index in [1.807, 2.05) is 47.5 Å². The summed E-state index contributed by atoms with van der Waals surface area (Å²) in [5.74, 6) is 0.273. The second-order valence-corrected chi connectivity index (χ2v) is 7.98. The minimum atomic E-state index is -0.166. The molecule has 0 radical (unpaired) electrons. The van der Waals surface area contributed by atoms with E-state index in [1.165, 1.54) is 0 Å². The summed E-state index contributed by atoms with van der Waals surface area (Å²) in [6.45, 7) is 3.85. The molecular formula is C24H28N8O. The van der Waals surface area contributed by atoms with E-state index in [0.717, 1.165) is 37.3 Å². The van der Waals surface area contributed by atoms with Crippen molar-refractivity contribution in [3.05, 3.63) is 77.6 Å². The summed E-state index contributed by atoms with van der Waals surface area (Å²) in [6.07, 6.45) is 1.57. The molecular weight excluding hydrogens is 416 g/mol. The number of likely N-dealkylation sites (N-methyl/N-ethyl adjacent to an activating group) is 1. The van der Waals surface area contributed by atoms with Gasteiger partial charge in [-0.25, -0.2) is 9.97 Å². The number of nitrogens with two attached hydrogens (primary N) is 2. The van der Waals surface area contributed by atoms with Gasteiger partial charge < -0.3 is 21.7 Å². The number of amides is 1. The Labute approximate surface area is 193 Å². The van der Waals surface area contributed by atoms with Gasteiger partial charge in [0.2, 0.25) is 0 Å². The molecule has 9 heteroatoms. The minimum Gasteiger partial charge on any atom is -0.382 e. The highest BCUT2D eigenvalue weighted by molar-refractivity contribution is 6.00. The molecule has 33 heavy (non-hydrogen) atoms. The van der Waals surface area contributed by atoms with Gasteiger partial charge in [-0.2, -0.15) is 5.10 Å². The fourth-order valence-electron chi connectivity index (χ4n) is 3.52. The Hall–Kier alpha value is -3.98. The number of carbonyl (C=O) groups excluding carboxylic acids is 1. The lowest BCUT2D eigenvalue weighted by atomic mass is 10.1. The molecule has 3 aromatic rings. The fraction of sp³-hybridized carbons (Fsp3) is 0.250. The molecule has 1 saturated heterocycles. The van der Waals surface area contributed by atoms with Gasteiger partial charge in [0.05, 0.1) is 11.9 Å². The molecule has 1 aromatic heterocycles. The summed E-state index contributed by atoms with van der Waals surface area (Å²) in [7, 11) is 2.08. The van der Waals surface area contributed by atoms with E-state index in [0.29, 0.717) is 23.5 Å². The van der Waals surface area contributed by atoms with Gasteiger partial charge in [-0.15, -0.1) is 0 Å². The van der Waals surface area contributed by atoms with Crippen molar-refractivity contribution in [1.29, 1.82) is 0 Å². The van der Waals surface area contributed by atoms with Crippen molar-refractivity contribution in [2.45, 2.75) is 6.54 Å². The summed E-state index contributed by atoms with van der Waals surface area (Å²) in [5.41, 5.74) is 15.5. The highest BCUT2D eigenvalue weighted by Gasteiger charge is 2.16. The van der Waals surface area contributed by atoms with Crippen LogP contribution >= 0.6 is 0 Å². The largest absolute Gasteiger partial charge is 0.382 e.